The summed E-state index contributed by atoms with van der Waals surface area (Å²) in [6.45, 7) is 3.60. The van der Waals surface area contributed by atoms with Gasteiger partial charge in [-0.2, -0.15) is 0 Å². The van der Waals surface area contributed by atoms with E-state index in [0.717, 1.165) is 48.8 Å². The summed E-state index contributed by atoms with van der Waals surface area (Å²) in [4.78, 5) is 25.8. The zero-order chi connectivity index (χ0) is 14.8. The van der Waals surface area contributed by atoms with Gasteiger partial charge in [0, 0.05) is 38.6 Å². The van der Waals surface area contributed by atoms with E-state index in [1.807, 2.05) is 18.2 Å². The van der Waals surface area contributed by atoms with Crippen molar-refractivity contribution in [3.05, 3.63) is 43.2 Å². The molecule has 1 aliphatic rings. The molecular weight excluding hydrogens is 278 g/mol. The lowest BCUT2D eigenvalue weighted by atomic mass is 10.2. The average molecular weight is 293 g/mol. The van der Waals surface area contributed by atoms with Crippen LogP contribution in [0.5, 0.6) is 0 Å². The molecule has 0 spiro atoms. The third kappa shape index (κ3) is 2.30. The summed E-state index contributed by atoms with van der Waals surface area (Å²) in [5.41, 5.74) is 0.741. The zero-order valence-electron chi connectivity index (χ0n) is 12.0. The molecule has 7 nitrogen and oxygen atoms in total. The quantitative estimate of drug-likeness (QED) is 0.701. The van der Waals surface area contributed by atoms with E-state index in [-0.39, 0.29) is 0 Å². The van der Waals surface area contributed by atoms with Crippen molar-refractivity contribution in [1.82, 2.24) is 24.9 Å². The lowest BCUT2D eigenvalue weighted by Crippen LogP contribution is -2.47. The van der Waals surface area contributed by atoms with E-state index in [1.165, 1.54) is 0 Å². The molecule has 3 aromatic heterocycles. The largest absolute Gasteiger partial charge is 0.353 e. The third-order valence-electron chi connectivity index (χ3n) is 3.86. The SMILES string of the molecule is c1cnc2ncnc(N3CCN(c4ccncn4)CC3)c2c1. The lowest BCUT2D eigenvalue weighted by Gasteiger charge is -2.36. The van der Waals surface area contributed by atoms with E-state index in [9.17, 15) is 0 Å². The lowest BCUT2D eigenvalue weighted by molar-refractivity contribution is 0.642. The summed E-state index contributed by atoms with van der Waals surface area (Å²) in [5, 5.41) is 1.00. The number of rotatable bonds is 2. The third-order valence-corrected chi connectivity index (χ3v) is 3.86. The van der Waals surface area contributed by atoms with Gasteiger partial charge in [0.05, 0.1) is 5.39 Å². The van der Waals surface area contributed by atoms with Crippen LogP contribution in [0.1, 0.15) is 0 Å². The first-order valence-electron chi connectivity index (χ1n) is 7.23. The van der Waals surface area contributed by atoms with Gasteiger partial charge in [0.15, 0.2) is 5.65 Å². The molecule has 3 aromatic rings. The highest BCUT2D eigenvalue weighted by Crippen LogP contribution is 2.23. The number of fused-ring (bicyclic) bond motifs is 1. The van der Waals surface area contributed by atoms with Crippen LogP contribution in [0, 0.1) is 0 Å². The molecule has 0 radical (unpaired) electrons. The minimum atomic E-state index is 0.741. The van der Waals surface area contributed by atoms with E-state index in [2.05, 4.69) is 34.7 Å². The van der Waals surface area contributed by atoms with Crippen molar-refractivity contribution in [3.63, 3.8) is 0 Å². The van der Waals surface area contributed by atoms with Crippen LogP contribution in [0.4, 0.5) is 11.6 Å². The van der Waals surface area contributed by atoms with Gasteiger partial charge in [0.2, 0.25) is 0 Å². The van der Waals surface area contributed by atoms with Crippen molar-refractivity contribution < 1.29 is 0 Å². The maximum Gasteiger partial charge on any atom is 0.164 e. The van der Waals surface area contributed by atoms with Gasteiger partial charge in [-0.05, 0) is 18.2 Å². The van der Waals surface area contributed by atoms with Gasteiger partial charge in [-0.25, -0.2) is 24.9 Å². The molecule has 1 fully saturated rings. The molecule has 0 amide bonds. The first-order valence-corrected chi connectivity index (χ1v) is 7.23. The molecule has 0 saturated carbocycles. The van der Waals surface area contributed by atoms with Crippen LogP contribution in [0.3, 0.4) is 0 Å². The van der Waals surface area contributed by atoms with Crippen LogP contribution in [-0.4, -0.2) is 51.1 Å². The normalized spacial score (nSPS) is 15.3. The first kappa shape index (κ1) is 12.9. The highest BCUT2D eigenvalue weighted by Gasteiger charge is 2.20. The minimum Gasteiger partial charge on any atom is -0.353 e. The fourth-order valence-electron chi connectivity index (χ4n) is 2.75. The Balaban J connectivity index is 1.56. The fraction of sp³-hybridized carbons (Fsp3) is 0.267. The Morgan fingerprint density at radius 3 is 2.45 bits per heavy atom. The summed E-state index contributed by atoms with van der Waals surface area (Å²) in [6.07, 6.45) is 6.71. The van der Waals surface area contributed by atoms with E-state index in [4.69, 9.17) is 0 Å². The number of pyridine rings is 1. The van der Waals surface area contributed by atoms with Gasteiger partial charge in [-0.1, -0.05) is 0 Å². The number of hydrogen-bond acceptors (Lipinski definition) is 7. The molecule has 0 unspecified atom stereocenters. The number of hydrogen-bond donors (Lipinski definition) is 0. The van der Waals surface area contributed by atoms with Crippen LogP contribution in [0.15, 0.2) is 43.2 Å². The molecule has 0 aromatic carbocycles. The Hall–Kier alpha value is -2.83. The topological polar surface area (TPSA) is 70.9 Å². The smallest absolute Gasteiger partial charge is 0.164 e. The summed E-state index contributed by atoms with van der Waals surface area (Å²) in [6, 6.07) is 5.89. The van der Waals surface area contributed by atoms with Crippen molar-refractivity contribution in [2.75, 3.05) is 36.0 Å². The van der Waals surface area contributed by atoms with Gasteiger partial charge >= 0.3 is 0 Å². The number of anilines is 2. The first-order chi connectivity index (χ1) is 10.9. The van der Waals surface area contributed by atoms with E-state index >= 15 is 0 Å². The number of aromatic nitrogens is 5. The van der Waals surface area contributed by atoms with E-state index < -0.39 is 0 Å². The van der Waals surface area contributed by atoms with Crippen molar-refractivity contribution in [2.45, 2.75) is 0 Å². The van der Waals surface area contributed by atoms with Crippen molar-refractivity contribution in [2.24, 2.45) is 0 Å². The monoisotopic (exact) mass is 293 g/mol. The van der Waals surface area contributed by atoms with Crippen LogP contribution in [0.25, 0.3) is 11.0 Å². The highest BCUT2D eigenvalue weighted by molar-refractivity contribution is 5.86. The van der Waals surface area contributed by atoms with Crippen LogP contribution in [0.2, 0.25) is 0 Å². The zero-order valence-corrected chi connectivity index (χ0v) is 12.0. The predicted molar refractivity (Wildman–Crippen MR) is 83.8 cm³/mol. The fourth-order valence-corrected chi connectivity index (χ4v) is 2.75. The van der Waals surface area contributed by atoms with Gasteiger partial charge < -0.3 is 9.80 Å². The van der Waals surface area contributed by atoms with Crippen LogP contribution >= 0.6 is 0 Å². The molecule has 110 valence electrons. The van der Waals surface area contributed by atoms with E-state index in [1.54, 1.807) is 25.0 Å². The molecule has 22 heavy (non-hydrogen) atoms. The van der Waals surface area contributed by atoms with Crippen molar-refractivity contribution in [1.29, 1.82) is 0 Å². The second-order valence-electron chi connectivity index (χ2n) is 5.11. The molecule has 4 rings (SSSR count). The van der Waals surface area contributed by atoms with Crippen LogP contribution in [-0.2, 0) is 0 Å². The number of piperazine rings is 1. The van der Waals surface area contributed by atoms with E-state index in [0.29, 0.717) is 0 Å². The maximum absolute atomic E-state index is 4.46. The molecule has 0 bridgehead atoms. The van der Waals surface area contributed by atoms with Gasteiger partial charge in [0.25, 0.3) is 0 Å². The predicted octanol–water partition coefficient (Wildman–Crippen LogP) is 1.14. The van der Waals surface area contributed by atoms with Gasteiger partial charge in [-0.3, -0.25) is 0 Å². The highest BCUT2D eigenvalue weighted by atomic mass is 15.3. The van der Waals surface area contributed by atoms with Crippen molar-refractivity contribution in [3.8, 4) is 0 Å². The standard InChI is InChI=1S/C15H15N7/c1-2-12-14(17-4-1)19-11-20-15(12)22-8-6-21(7-9-22)13-3-5-16-10-18-13/h1-5,10-11H,6-9H2. The molecule has 4 heterocycles. The summed E-state index contributed by atoms with van der Waals surface area (Å²) in [5.74, 6) is 1.93. The summed E-state index contributed by atoms with van der Waals surface area (Å²) in [7, 11) is 0. The molecular formula is C15H15N7. The Morgan fingerprint density at radius 1 is 0.773 bits per heavy atom. The average Bonchev–Trinajstić information content (AvgIpc) is 2.62. The summed E-state index contributed by atoms with van der Waals surface area (Å²) >= 11 is 0. The minimum absolute atomic E-state index is 0.741. The Morgan fingerprint density at radius 2 is 1.64 bits per heavy atom. The maximum atomic E-state index is 4.46. The van der Waals surface area contributed by atoms with Crippen molar-refractivity contribution >= 4 is 22.7 Å². The second kappa shape index (κ2) is 5.51. The molecule has 1 aliphatic heterocycles. The summed E-state index contributed by atoms with van der Waals surface area (Å²) < 4.78 is 0. The molecule has 0 aliphatic carbocycles. The molecule has 0 atom stereocenters. The van der Waals surface area contributed by atoms with Gasteiger partial charge in [0.1, 0.15) is 24.3 Å². The van der Waals surface area contributed by atoms with Gasteiger partial charge in [-0.15, -0.1) is 0 Å². The molecule has 1 saturated heterocycles. The Kier molecular flexibility index (Phi) is 3.23. The number of nitrogens with zero attached hydrogens (tertiary/aromatic N) is 7. The Bertz CT molecular complexity index is 764. The molecule has 7 heteroatoms. The van der Waals surface area contributed by atoms with Crippen LogP contribution < -0.4 is 9.80 Å². The molecule has 0 N–H and O–H groups in total. The Labute approximate surface area is 127 Å². The second-order valence-corrected chi connectivity index (χ2v) is 5.11.